The van der Waals surface area contributed by atoms with E-state index < -0.39 is 22.1 Å². The fraction of sp³-hybridized carbons (Fsp3) is 0.222. The third kappa shape index (κ3) is 1.88. The Balaban J connectivity index is 3.49. The van der Waals surface area contributed by atoms with E-state index in [1.54, 1.807) is 0 Å². The molecule has 0 unspecified atom stereocenters. The second kappa shape index (κ2) is 3.95. The highest BCUT2D eigenvalue weighted by atomic mass is 16.6. The number of Topliss-reactive ketones (excluding diaryl/α,β-unsaturated/α-hetero) is 1. The molecule has 0 saturated carbocycles. The molecule has 0 aliphatic rings. The van der Waals surface area contributed by atoms with E-state index in [1.165, 1.54) is 13.2 Å². The van der Waals surface area contributed by atoms with E-state index in [1.807, 2.05) is 0 Å². The molecule has 0 fully saturated rings. The topological polar surface area (TPSA) is 92.5 Å². The number of carbonyl (C=O) groups excluding carboxylic acids is 1. The summed E-state index contributed by atoms with van der Waals surface area (Å²) in [5.41, 5.74) is -0.910. The average Bonchev–Trinajstić information content (AvgIpc) is 2.15. The summed E-state index contributed by atoms with van der Waals surface area (Å²) < 4.78 is 4.78. The zero-order chi connectivity index (χ0) is 11.6. The Labute approximate surface area is 85.2 Å². The molecule has 0 heterocycles. The minimum atomic E-state index is -0.910. The largest absolute Gasteiger partial charge is 0.867 e. The van der Waals surface area contributed by atoms with E-state index in [0.29, 0.717) is 0 Å². The van der Waals surface area contributed by atoms with Crippen molar-refractivity contribution in [1.82, 2.24) is 0 Å². The van der Waals surface area contributed by atoms with E-state index in [-0.39, 0.29) is 11.3 Å². The van der Waals surface area contributed by atoms with Crippen LogP contribution < -0.4 is 9.84 Å². The van der Waals surface area contributed by atoms with Gasteiger partial charge in [-0.25, -0.2) is 0 Å². The van der Waals surface area contributed by atoms with Gasteiger partial charge in [-0.3, -0.25) is 14.9 Å². The van der Waals surface area contributed by atoms with Gasteiger partial charge in [-0.05, 0) is 18.7 Å². The summed E-state index contributed by atoms with van der Waals surface area (Å²) in [4.78, 5) is 20.7. The smallest absolute Gasteiger partial charge is 0.262 e. The molecule has 15 heavy (non-hydrogen) atoms. The lowest BCUT2D eigenvalue weighted by Gasteiger charge is -2.14. The number of nitro benzene ring substituents is 1. The molecule has 0 N–H and O–H groups in total. The first-order valence-electron chi connectivity index (χ1n) is 4.02. The summed E-state index contributed by atoms with van der Waals surface area (Å²) in [6.45, 7) is 1.16. The van der Waals surface area contributed by atoms with Crippen LogP contribution in [0.3, 0.4) is 0 Å². The lowest BCUT2D eigenvalue weighted by atomic mass is 10.1. The van der Waals surface area contributed by atoms with Crippen LogP contribution in [0.1, 0.15) is 17.3 Å². The Kier molecular flexibility index (Phi) is 2.89. The molecular weight excluding hydrogens is 202 g/mol. The van der Waals surface area contributed by atoms with E-state index in [2.05, 4.69) is 0 Å². The molecule has 0 spiro atoms. The van der Waals surface area contributed by atoms with Gasteiger partial charge in [0.25, 0.3) is 5.69 Å². The molecule has 1 aromatic rings. The Morgan fingerprint density at radius 2 is 2.07 bits per heavy atom. The van der Waals surface area contributed by atoms with Crippen molar-refractivity contribution in [2.24, 2.45) is 0 Å². The highest BCUT2D eigenvalue weighted by Gasteiger charge is 2.17. The highest BCUT2D eigenvalue weighted by molar-refractivity contribution is 6.00. The first-order chi connectivity index (χ1) is 6.99. The van der Waals surface area contributed by atoms with Crippen LogP contribution in [0.15, 0.2) is 12.1 Å². The van der Waals surface area contributed by atoms with Crippen molar-refractivity contribution in [3.63, 3.8) is 0 Å². The van der Waals surface area contributed by atoms with Gasteiger partial charge in [0.2, 0.25) is 0 Å². The molecule has 80 valence electrons. The number of ketones is 1. The Hall–Kier alpha value is -2.11. The maximum Gasteiger partial charge on any atom is 0.262 e. The standard InChI is InChI=1S/C9H9NO5/c1-5(11)8-7(15-2)4-3-6(9(8)12)10(13)14/h3-4,12H,1-2H3/p-1. The van der Waals surface area contributed by atoms with Crippen molar-refractivity contribution in [3.8, 4) is 11.5 Å². The van der Waals surface area contributed by atoms with Crippen LogP contribution >= 0.6 is 0 Å². The molecule has 1 aromatic carbocycles. The minimum Gasteiger partial charge on any atom is -0.867 e. The van der Waals surface area contributed by atoms with Crippen LogP contribution in [-0.2, 0) is 0 Å². The van der Waals surface area contributed by atoms with E-state index in [0.717, 1.165) is 13.0 Å². The average molecular weight is 210 g/mol. The van der Waals surface area contributed by atoms with Crippen molar-refractivity contribution >= 4 is 11.5 Å². The summed E-state index contributed by atoms with van der Waals surface area (Å²) in [6.07, 6.45) is 0. The number of nitro groups is 1. The number of nitrogens with zero attached hydrogens (tertiary/aromatic N) is 1. The van der Waals surface area contributed by atoms with Crippen LogP contribution in [0.25, 0.3) is 0 Å². The van der Waals surface area contributed by atoms with E-state index in [9.17, 15) is 20.0 Å². The van der Waals surface area contributed by atoms with Gasteiger partial charge >= 0.3 is 0 Å². The predicted octanol–water partition coefficient (Wildman–Crippen LogP) is 0.880. The summed E-state index contributed by atoms with van der Waals surface area (Å²) in [5, 5.41) is 21.9. The van der Waals surface area contributed by atoms with Crippen LogP contribution in [0.5, 0.6) is 11.5 Å². The maximum absolute atomic E-state index is 11.5. The second-order valence-electron chi connectivity index (χ2n) is 2.80. The van der Waals surface area contributed by atoms with Crippen LogP contribution in [0.4, 0.5) is 5.69 Å². The number of methoxy groups -OCH3 is 1. The molecule has 6 nitrogen and oxygen atoms in total. The first-order valence-corrected chi connectivity index (χ1v) is 4.02. The van der Waals surface area contributed by atoms with E-state index in [4.69, 9.17) is 4.74 Å². The lowest BCUT2D eigenvalue weighted by molar-refractivity contribution is -0.398. The second-order valence-corrected chi connectivity index (χ2v) is 2.80. The molecule has 0 aromatic heterocycles. The summed E-state index contributed by atoms with van der Waals surface area (Å²) in [7, 11) is 1.28. The lowest BCUT2D eigenvalue weighted by Crippen LogP contribution is -2.07. The third-order valence-electron chi connectivity index (χ3n) is 1.87. The van der Waals surface area contributed by atoms with E-state index >= 15 is 0 Å². The maximum atomic E-state index is 11.5. The van der Waals surface area contributed by atoms with Crippen LogP contribution in [0, 0.1) is 10.1 Å². The Morgan fingerprint density at radius 3 is 2.47 bits per heavy atom. The Bertz CT molecular complexity index is 427. The molecule has 0 saturated heterocycles. The minimum absolute atomic E-state index is 0.0538. The van der Waals surface area contributed by atoms with Crippen molar-refractivity contribution in [1.29, 1.82) is 0 Å². The summed E-state index contributed by atoms with van der Waals surface area (Å²) >= 11 is 0. The van der Waals surface area contributed by atoms with Gasteiger partial charge in [-0.1, -0.05) is 0 Å². The molecule has 1 rings (SSSR count). The highest BCUT2D eigenvalue weighted by Crippen LogP contribution is 2.34. The van der Waals surface area contributed by atoms with Gasteiger partial charge in [0.05, 0.1) is 17.6 Å². The van der Waals surface area contributed by atoms with Gasteiger partial charge < -0.3 is 9.84 Å². The molecule has 0 atom stereocenters. The first kappa shape index (κ1) is 11.0. The predicted molar refractivity (Wildman–Crippen MR) is 49.1 cm³/mol. The molecule has 0 aliphatic carbocycles. The van der Waals surface area contributed by atoms with Crippen molar-refractivity contribution in [2.75, 3.05) is 7.11 Å². The molecule has 6 heteroatoms. The fourth-order valence-electron chi connectivity index (χ4n) is 1.20. The van der Waals surface area contributed by atoms with Gasteiger partial charge in [-0.15, -0.1) is 0 Å². The summed E-state index contributed by atoms with van der Waals surface area (Å²) in [6, 6.07) is 2.25. The zero-order valence-corrected chi connectivity index (χ0v) is 8.14. The van der Waals surface area contributed by atoms with Gasteiger partial charge in [0, 0.05) is 6.07 Å². The number of benzene rings is 1. The van der Waals surface area contributed by atoms with Gasteiger partial charge in [0.1, 0.15) is 5.75 Å². The number of hydrogen-bond donors (Lipinski definition) is 0. The van der Waals surface area contributed by atoms with Crippen molar-refractivity contribution < 1.29 is 19.6 Å². The normalized spacial score (nSPS) is 9.73. The summed E-state index contributed by atoms with van der Waals surface area (Å²) in [5.74, 6) is -1.41. The van der Waals surface area contributed by atoms with Gasteiger partial charge in [0.15, 0.2) is 5.78 Å². The van der Waals surface area contributed by atoms with Crippen molar-refractivity contribution in [2.45, 2.75) is 6.92 Å². The number of rotatable bonds is 3. The number of carbonyl (C=O) groups is 1. The number of ether oxygens (including phenoxy) is 1. The van der Waals surface area contributed by atoms with Crippen LogP contribution in [-0.4, -0.2) is 17.8 Å². The Morgan fingerprint density at radius 1 is 1.47 bits per heavy atom. The number of hydrogen-bond acceptors (Lipinski definition) is 5. The van der Waals surface area contributed by atoms with Crippen LogP contribution in [0.2, 0.25) is 0 Å². The quantitative estimate of drug-likeness (QED) is 0.419. The molecule has 0 radical (unpaired) electrons. The molecular formula is C9H8NO5-. The fourth-order valence-corrected chi connectivity index (χ4v) is 1.20. The SMILES string of the molecule is COc1ccc([N+](=O)[O-])c([O-])c1C(C)=O. The molecule has 0 amide bonds. The molecule has 0 bridgehead atoms. The molecule has 0 aliphatic heterocycles. The monoisotopic (exact) mass is 210 g/mol. The van der Waals surface area contributed by atoms with Crippen molar-refractivity contribution in [3.05, 3.63) is 27.8 Å². The van der Waals surface area contributed by atoms with Gasteiger partial charge in [-0.2, -0.15) is 0 Å². The third-order valence-corrected chi connectivity index (χ3v) is 1.87. The zero-order valence-electron chi connectivity index (χ0n) is 8.14.